The van der Waals surface area contributed by atoms with Crippen LogP contribution in [0.2, 0.25) is 0 Å². The molecule has 4 amide bonds. The first-order valence-corrected chi connectivity index (χ1v) is 11.0. The molecule has 0 radical (unpaired) electrons. The number of benzene rings is 1. The van der Waals surface area contributed by atoms with Gasteiger partial charge in [-0.2, -0.15) is 0 Å². The Morgan fingerprint density at radius 1 is 1.06 bits per heavy atom. The van der Waals surface area contributed by atoms with Gasteiger partial charge in [-0.15, -0.1) is 0 Å². The molecule has 4 heterocycles. The number of carbonyl (C=O) groups excluding carboxylic acids is 4. The Kier molecular flexibility index (Phi) is 5.02. The van der Waals surface area contributed by atoms with Crippen molar-refractivity contribution < 1.29 is 19.2 Å². The summed E-state index contributed by atoms with van der Waals surface area (Å²) < 4.78 is 0. The molecular formula is C22H27N5O4. The van der Waals surface area contributed by atoms with Crippen molar-refractivity contribution in [2.45, 2.75) is 50.4 Å². The molecule has 1 aromatic rings. The van der Waals surface area contributed by atoms with Gasteiger partial charge in [0.05, 0.1) is 0 Å². The Morgan fingerprint density at radius 2 is 1.87 bits per heavy atom. The molecule has 4 aliphatic heterocycles. The Bertz CT molecular complexity index is 955. The van der Waals surface area contributed by atoms with Crippen molar-refractivity contribution in [3.8, 4) is 0 Å². The molecule has 1 aromatic carbocycles. The van der Waals surface area contributed by atoms with E-state index < -0.39 is 17.5 Å². The van der Waals surface area contributed by atoms with Gasteiger partial charge in [0.25, 0.3) is 5.91 Å². The van der Waals surface area contributed by atoms with Gasteiger partial charge in [0.2, 0.25) is 17.7 Å². The van der Waals surface area contributed by atoms with E-state index in [0.29, 0.717) is 31.6 Å². The minimum absolute atomic E-state index is 0.0986. The Balaban J connectivity index is 1.35. The van der Waals surface area contributed by atoms with E-state index in [1.807, 2.05) is 18.2 Å². The lowest BCUT2D eigenvalue weighted by atomic mass is 9.83. The van der Waals surface area contributed by atoms with Crippen LogP contribution < -0.4 is 16.0 Å². The number of fused-ring (bicyclic) bond motifs is 1. The molecule has 9 nitrogen and oxygen atoms in total. The molecule has 1 unspecified atom stereocenters. The lowest BCUT2D eigenvalue weighted by Crippen LogP contribution is -2.67. The predicted molar refractivity (Wildman–Crippen MR) is 111 cm³/mol. The fourth-order valence-corrected chi connectivity index (χ4v) is 5.36. The number of amides is 4. The third kappa shape index (κ3) is 3.41. The average molecular weight is 425 g/mol. The third-order valence-corrected chi connectivity index (χ3v) is 7.09. The smallest absolute Gasteiger partial charge is 0.255 e. The summed E-state index contributed by atoms with van der Waals surface area (Å²) in [5.41, 5.74) is 2.00. The molecule has 1 spiro atoms. The lowest BCUT2D eigenvalue weighted by molar-refractivity contribution is -0.140. The van der Waals surface area contributed by atoms with E-state index in [0.717, 1.165) is 43.6 Å². The summed E-state index contributed by atoms with van der Waals surface area (Å²) in [7, 11) is 0. The van der Waals surface area contributed by atoms with Crippen molar-refractivity contribution in [3.63, 3.8) is 0 Å². The number of carbonyl (C=O) groups is 4. The monoisotopic (exact) mass is 425 g/mol. The minimum Gasteiger partial charge on any atom is -0.353 e. The van der Waals surface area contributed by atoms with Crippen molar-refractivity contribution >= 4 is 23.6 Å². The second-order valence-electron chi connectivity index (χ2n) is 8.85. The number of nitrogens with zero attached hydrogens (tertiary/aromatic N) is 2. The number of hydrogen-bond donors (Lipinski definition) is 3. The van der Waals surface area contributed by atoms with Gasteiger partial charge in [-0.05, 0) is 49.5 Å². The molecule has 3 N–H and O–H groups in total. The molecular weight excluding hydrogens is 398 g/mol. The van der Waals surface area contributed by atoms with E-state index >= 15 is 0 Å². The average Bonchev–Trinajstić information content (AvgIpc) is 3.08. The third-order valence-electron chi connectivity index (χ3n) is 7.09. The number of nitrogens with one attached hydrogen (secondary N) is 3. The molecule has 1 atom stereocenters. The summed E-state index contributed by atoms with van der Waals surface area (Å²) in [4.78, 5) is 53.4. The van der Waals surface area contributed by atoms with Crippen molar-refractivity contribution in [3.05, 3.63) is 34.9 Å². The van der Waals surface area contributed by atoms with Crippen LogP contribution in [-0.4, -0.2) is 71.2 Å². The van der Waals surface area contributed by atoms with Crippen LogP contribution in [0.15, 0.2) is 18.2 Å². The van der Waals surface area contributed by atoms with Crippen LogP contribution >= 0.6 is 0 Å². The van der Waals surface area contributed by atoms with Crippen LogP contribution in [0, 0.1) is 0 Å². The van der Waals surface area contributed by atoms with Crippen LogP contribution in [0.5, 0.6) is 0 Å². The number of piperidine rings is 2. The summed E-state index contributed by atoms with van der Waals surface area (Å²) in [6, 6.07) is 5.27. The zero-order valence-electron chi connectivity index (χ0n) is 17.4. The summed E-state index contributed by atoms with van der Waals surface area (Å²) in [6.07, 6.45) is 2.14. The van der Waals surface area contributed by atoms with Gasteiger partial charge in [-0.1, -0.05) is 12.1 Å². The van der Waals surface area contributed by atoms with Crippen LogP contribution in [0.3, 0.4) is 0 Å². The number of piperazine rings is 1. The zero-order valence-corrected chi connectivity index (χ0v) is 17.4. The molecule has 4 aliphatic rings. The van der Waals surface area contributed by atoms with E-state index in [9.17, 15) is 19.2 Å². The molecule has 0 aliphatic carbocycles. The molecule has 31 heavy (non-hydrogen) atoms. The predicted octanol–water partition coefficient (Wildman–Crippen LogP) is -0.498. The lowest BCUT2D eigenvalue weighted by Gasteiger charge is -2.48. The first kappa shape index (κ1) is 20.1. The Morgan fingerprint density at radius 3 is 2.65 bits per heavy atom. The quantitative estimate of drug-likeness (QED) is 0.564. The van der Waals surface area contributed by atoms with Crippen LogP contribution in [-0.2, 0) is 27.5 Å². The van der Waals surface area contributed by atoms with Gasteiger partial charge in [-0.25, -0.2) is 0 Å². The van der Waals surface area contributed by atoms with Crippen molar-refractivity contribution in [2.24, 2.45) is 0 Å². The van der Waals surface area contributed by atoms with Gasteiger partial charge in [0.15, 0.2) is 0 Å². The Hall–Kier alpha value is -2.78. The molecule has 164 valence electrons. The molecule has 3 saturated heterocycles. The highest BCUT2D eigenvalue weighted by atomic mass is 16.2. The summed E-state index contributed by atoms with van der Waals surface area (Å²) in [6.45, 7) is 4.01. The van der Waals surface area contributed by atoms with E-state index in [1.165, 1.54) is 0 Å². The second kappa shape index (κ2) is 7.72. The molecule has 3 fully saturated rings. The number of rotatable bonds is 3. The van der Waals surface area contributed by atoms with Gasteiger partial charge in [-0.3, -0.25) is 29.4 Å². The van der Waals surface area contributed by atoms with E-state index in [2.05, 4.69) is 20.9 Å². The maximum atomic E-state index is 13.1. The van der Waals surface area contributed by atoms with Gasteiger partial charge in [0, 0.05) is 38.2 Å². The van der Waals surface area contributed by atoms with Crippen molar-refractivity contribution in [1.82, 2.24) is 25.8 Å². The molecule has 0 saturated carbocycles. The van der Waals surface area contributed by atoms with Crippen LogP contribution in [0.1, 0.15) is 47.2 Å². The fourth-order valence-electron chi connectivity index (χ4n) is 5.36. The molecule has 0 bridgehead atoms. The molecule has 9 heteroatoms. The van der Waals surface area contributed by atoms with Crippen molar-refractivity contribution in [1.29, 1.82) is 0 Å². The van der Waals surface area contributed by atoms with Gasteiger partial charge >= 0.3 is 0 Å². The van der Waals surface area contributed by atoms with E-state index in [-0.39, 0.29) is 24.1 Å². The normalized spacial score (nSPS) is 26.1. The summed E-state index contributed by atoms with van der Waals surface area (Å²) in [5, 5.41) is 8.69. The zero-order chi connectivity index (χ0) is 21.6. The van der Waals surface area contributed by atoms with Gasteiger partial charge in [0.1, 0.15) is 11.6 Å². The highest BCUT2D eigenvalue weighted by molar-refractivity contribution is 6.05. The summed E-state index contributed by atoms with van der Waals surface area (Å²) >= 11 is 0. The van der Waals surface area contributed by atoms with Crippen molar-refractivity contribution in [2.75, 3.05) is 26.2 Å². The number of hydrogen-bond acceptors (Lipinski definition) is 6. The standard InChI is InChI=1S/C22H27N5O4/c28-18-4-3-17(19(29)25-18)27-13-15-2-1-14(11-16(15)20(27)30)12-26-10-9-24-21(31)22(26)5-7-23-8-6-22/h1-2,11,17,23H,3-10,12-13H2,(H,24,31)(H,25,28,29). The summed E-state index contributed by atoms with van der Waals surface area (Å²) in [5.74, 6) is -0.754. The first-order chi connectivity index (χ1) is 15.0. The van der Waals surface area contributed by atoms with Crippen LogP contribution in [0.4, 0.5) is 0 Å². The fraction of sp³-hybridized carbons (Fsp3) is 0.545. The van der Waals surface area contributed by atoms with E-state index in [1.54, 1.807) is 4.90 Å². The van der Waals surface area contributed by atoms with Crippen LogP contribution in [0.25, 0.3) is 0 Å². The largest absolute Gasteiger partial charge is 0.353 e. The van der Waals surface area contributed by atoms with Gasteiger partial charge < -0.3 is 15.5 Å². The van der Waals surface area contributed by atoms with E-state index in [4.69, 9.17) is 0 Å². The first-order valence-electron chi connectivity index (χ1n) is 11.0. The minimum atomic E-state index is -0.607. The topological polar surface area (TPSA) is 111 Å². The number of imide groups is 1. The maximum Gasteiger partial charge on any atom is 0.255 e. The SMILES string of the molecule is O=C1CCC(N2Cc3ccc(CN4CCNC(=O)C45CCNCC5)cc3C2=O)C(=O)N1. The maximum absolute atomic E-state index is 13.1. The highest BCUT2D eigenvalue weighted by Crippen LogP contribution is 2.32. The Labute approximate surface area is 180 Å². The molecule has 5 rings (SSSR count). The highest BCUT2D eigenvalue weighted by Gasteiger charge is 2.46. The second-order valence-corrected chi connectivity index (χ2v) is 8.85. The molecule has 0 aromatic heterocycles.